The SMILES string of the molecule is CC(=O)[C@H]1[C@H](C)C[C@H]2[C@@H]3C[C@H](F)C4=CC(=O)C=C[C@]4(C)[C@@]3(Br)CC[C@@]21C. The molecule has 26 heavy (non-hydrogen) atoms. The molecule has 2 nitrogen and oxygen atoms in total. The molecule has 4 aliphatic rings. The van der Waals surface area contributed by atoms with Crippen molar-refractivity contribution in [1.29, 1.82) is 0 Å². The summed E-state index contributed by atoms with van der Waals surface area (Å²) in [4.78, 5) is 24.3. The van der Waals surface area contributed by atoms with Crippen LogP contribution >= 0.6 is 15.9 Å². The smallest absolute Gasteiger partial charge is 0.178 e. The van der Waals surface area contributed by atoms with Gasteiger partial charge in [-0.1, -0.05) is 42.8 Å². The molecule has 0 aromatic carbocycles. The van der Waals surface area contributed by atoms with Crippen molar-refractivity contribution < 1.29 is 14.0 Å². The van der Waals surface area contributed by atoms with Gasteiger partial charge in [-0.2, -0.15) is 0 Å². The Morgan fingerprint density at radius 1 is 1.23 bits per heavy atom. The summed E-state index contributed by atoms with van der Waals surface area (Å²) in [5.41, 5.74) is 0.108. The third kappa shape index (κ3) is 2.14. The lowest BCUT2D eigenvalue weighted by Crippen LogP contribution is -2.61. The van der Waals surface area contributed by atoms with Crippen LogP contribution in [-0.4, -0.2) is 22.1 Å². The number of fused-ring (bicyclic) bond motifs is 5. The molecule has 0 aromatic rings. The summed E-state index contributed by atoms with van der Waals surface area (Å²) in [6.07, 6.45) is 7.28. The van der Waals surface area contributed by atoms with Gasteiger partial charge in [0, 0.05) is 15.7 Å². The Morgan fingerprint density at radius 2 is 1.92 bits per heavy atom. The van der Waals surface area contributed by atoms with Crippen molar-refractivity contribution in [2.75, 3.05) is 0 Å². The van der Waals surface area contributed by atoms with Crippen LogP contribution < -0.4 is 0 Å². The normalized spacial score (nSPS) is 52.8. The van der Waals surface area contributed by atoms with E-state index in [1.807, 2.05) is 6.08 Å². The molecule has 0 aliphatic heterocycles. The summed E-state index contributed by atoms with van der Waals surface area (Å²) in [7, 11) is 0. The van der Waals surface area contributed by atoms with Gasteiger partial charge in [0.15, 0.2) is 5.78 Å². The molecule has 0 heterocycles. The van der Waals surface area contributed by atoms with Gasteiger partial charge in [0.05, 0.1) is 0 Å². The third-order valence-electron chi connectivity index (χ3n) is 8.43. The summed E-state index contributed by atoms with van der Waals surface area (Å²) in [6.45, 7) is 8.26. The first-order valence-electron chi connectivity index (χ1n) is 9.83. The number of ketones is 2. The van der Waals surface area contributed by atoms with Crippen molar-refractivity contribution in [2.45, 2.75) is 63.9 Å². The predicted molar refractivity (Wildman–Crippen MR) is 104 cm³/mol. The highest BCUT2D eigenvalue weighted by Crippen LogP contribution is 2.71. The molecule has 0 aromatic heterocycles. The number of carbonyl (C=O) groups excluding carboxylic acids is 2. The molecule has 3 fully saturated rings. The van der Waals surface area contributed by atoms with Gasteiger partial charge < -0.3 is 0 Å². The Kier molecular flexibility index (Phi) is 4.02. The second-order valence-corrected chi connectivity index (χ2v) is 11.0. The molecule has 0 amide bonds. The highest BCUT2D eigenvalue weighted by Gasteiger charge is 2.67. The fourth-order valence-corrected chi connectivity index (χ4v) is 8.37. The van der Waals surface area contributed by atoms with E-state index in [4.69, 9.17) is 0 Å². The maximum absolute atomic E-state index is 15.3. The van der Waals surface area contributed by atoms with Crippen LogP contribution in [0.15, 0.2) is 23.8 Å². The Balaban J connectivity index is 1.80. The summed E-state index contributed by atoms with van der Waals surface area (Å²) >= 11 is 4.10. The van der Waals surface area contributed by atoms with E-state index in [1.54, 1.807) is 13.0 Å². The zero-order chi connectivity index (χ0) is 19.1. The molecule has 3 saturated carbocycles. The highest BCUT2D eigenvalue weighted by molar-refractivity contribution is 9.10. The first-order chi connectivity index (χ1) is 12.0. The van der Waals surface area contributed by atoms with E-state index in [-0.39, 0.29) is 33.1 Å². The first-order valence-corrected chi connectivity index (χ1v) is 10.6. The van der Waals surface area contributed by atoms with Crippen molar-refractivity contribution in [3.05, 3.63) is 23.8 Å². The van der Waals surface area contributed by atoms with Crippen molar-refractivity contribution in [3.63, 3.8) is 0 Å². The predicted octanol–water partition coefficient (Wildman–Crippen LogP) is 5.21. The lowest BCUT2D eigenvalue weighted by molar-refractivity contribution is -0.128. The van der Waals surface area contributed by atoms with E-state index in [0.29, 0.717) is 23.8 Å². The molecular weight excluding hydrogens is 395 g/mol. The van der Waals surface area contributed by atoms with Gasteiger partial charge in [-0.05, 0) is 73.5 Å². The van der Waals surface area contributed by atoms with Crippen LogP contribution in [-0.2, 0) is 9.59 Å². The van der Waals surface area contributed by atoms with Crippen molar-refractivity contribution >= 4 is 27.5 Å². The summed E-state index contributed by atoms with van der Waals surface area (Å²) < 4.78 is 15.0. The average molecular weight is 423 g/mol. The van der Waals surface area contributed by atoms with Crippen molar-refractivity contribution in [2.24, 2.45) is 34.5 Å². The fraction of sp³-hybridized carbons (Fsp3) is 0.727. The topological polar surface area (TPSA) is 34.1 Å². The second-order valence-electron chi connectivity index (χ2n) is 9.62. The van der Waals surface area contributed by atoms with Crippen molar-refractivity contribution in [3.8, 4) is 0 Å². The molecule has 4 heteroatoms. The minimum atomic E-state index is -1.08. The van der Waals surface area contributed by atoms with E-state index in [1.165, 1.54) is 6.08 Å². The molecule has 0 saturated heterocycles. The average Bonchev–Trinajstić information content (AvgIpc) is 2.82. The number of hydrogen-bond donors (Lipinski definition) is 0. The van der Waals surface area contributed by atoms with E-state index >= 15 is 4.39 Å². The Bertz CT molecular complexity index is 742. The van der Waals surface area contributed by atoms with Crippen molar-refractivity contribution in [1.82, 2.24) is 0 Å². The molecule has 4 rings (SSSR count). The summed E-state index contributed by atoms with van der Waals surface area (Å²) in [6, 6.07) is 0. The number of carbonyl (C=O) groups is 2. The number of allylic oxidation sites excluding steroid dienone is 4. The maximum Gasteiger partial charge on any atom is 0.178 e. The van der Waals surface area contributed by atoms with E-state index in [2.05, 4.69) is 36.7 Å². The van der Waals surface area contributed by atoms with E-state index in [9.17, 15) is 9.59 Å². The summed E-state index contributed by atoms with van der Waals surface area (Å²) in [5.74, 6) is 1.11. The van der Waals surface area contributed by atoms with Crippen LogP contribution in [0.3, 0.4) is 0 Å². The standard InChI is InChI=1S/C22H28BrFO2/c1-12-9-15-16-11-18(24)17-10-14(26)5-6-21(17,4)22(16,23)8-7-20(15,3)19(12)13(2)25/h5-6,10,12,15-16,18-19H,7-9,11H2,1-4H3/t12-,15+,16+,18+,19-,20+,21+,22-/m1/s1. The quantitative estimate of drug-likeness (QED) is 0.543. The molecule has 0 unspecified atom stereocenters. The Hall–Kier alpha value is -0.770. The van der Waals surface area contributed by atoms with Crippen LogP contribution in [0.5, 0.6) is 0 Å². The van der Waals surface area contributed by atoms with Crippen LogP contribution in [0.2, 0.25) is 0 Å². The fourth-order valence-electron chi connectivity index (χ4n) is 7.31. The number of Topliss-reactive ketones (excluding diaryl/α,β-unsaturated/α-hetero) is 1. The molecule has 4 aliphatic carbocycles. The third-order valence-corrected chi connectivity index (χ3v) is 10.2. The first kappa shape index (κ1) is 18.6. The largest absolute Gasteiger partial charge is 0.300 e. The molecule has 8 atom stereocenters. The Morgan fingerprint density at radius 3 is 2.58 bits per heavy atom. The van der Waals surface area contributed by atoms with Gasteiger partial charge in [-0.15, -0.1) is 0 Å². The second kappa shape index (κ2) is 5.62. The number of rotatable bonds is 1. The minimum absolute atomic E-state index is 0.0430. The molecule has 142 valence electrons. The summed E-state index contributed by atoms with van der Waals surface area (Å²) in [5, 5.41) is 0. The van der Waals surface area contributed by atoms with Crippen LogP contribution in [0, 0.1) is 34.5 Å². The Labute approximate surface area is 163 Å². The van der Waals surface area contributed by atoms with Gasteiger partial charge in [0.25, 0.3) is 0 Å². The number of alkyl halides is 2. The molecular formula is C22H28BrFO2. The monoisotopic (exact) mass is 422 g/mol. The lowest BCUT2D eigenvalue weighted by Gasteiger charge is -2.62. The van der Waals surface area contributed by atoms with Crippen LogP contribution in [0.4, 0.5) is 4.39 Å². The van der Waals surface area contributed by atoms with E-state index < -0.39 is 11.6 Å². The maximum atomic E-state index is 15.3. The lowest BCUT2D eigenvalue weighted by atomic mass is 9.47. The van der Waals surface area contributed by atoms with Crippen LogP contribution in [0.25, 0.3) is 0 Å². The van der Waals surface area contributed by atoms with Gasteiger partial charge >= 0.3 is 0 Å². The molecule has 0 N–H and O–H groups in total. The van der Waals surface area contributed by atoms with Crippen LogP contribution in [0.1, 0.15) is 53.4 Å². The van der Waals surface area contributed by atoms with E-state index in [0.717, 1.165) is 19.3 Å². The van der Waals surface area contributed by atoms with Gasteiger partial charge in [0.1, 0.15) is 12.0 Å². The number of hydrogen-bond acceptors (Lipinski definition) is 2. The van der Waals surface area contributed by atoms with Gasteiger partial charge in [0.2, 0.25) is 0 Å². The minimum Gasteiger partial charge on any atom is -0.300 e. The van der Waals surface area contributed by atoms with Gasteiger partial charge in [-0.3, -0.25) is 9.59 Å². The molecule has 0 spiro atoms. The van der Waals surface area contributed by atoms with Gasteiger partial charge in [-0.25, -0.2) is 4.39 Å². The zero-order valence-corrected chi connectivity index (χ0v) is 17.6. The zero-order valence-electron chi connectivity index (χ0n) is 16.0. The molecule has 0 radical (unpaired) electrons. The highest BCUT2D eigenvalue weighted by atomic mass is 79.9. The molecule has 0 bridgehead atoms. The number of halogens is 2.